The molecule has 0 unspecified atom stereocenters. The molecule has 0 aliphatic carbocycles. The Hall–Kier alpha value is 0.210. The van der Waals surface area contributed by atoms with Crippen molar-refractivity contribution in [2.24, 2.45) is 0 Å². The molecule has 0 aromatic carbocycles. The Morgan fingerprint density at radius 3 is 0.750 bits per heavy atom. The number of quaternary nitrogens is 1. The number of rotatable bonds is 37. The van der Waals surface area contributed by atoms with Crippen molar-refractivity contribution in [3.05, 3.63) is 0 Å². The Kier molecular flexibility index (Phi) is 39.7. The quantitative estimate of drug-likeness (QED) is 0.0647. The third-order valence-corrected chi connectivity index (χ3v) is 10.1. The molecule has 2 nitrogen and oxygen atoms in total. The SMILES string of the molecule is CCCCCCCCCCCCCCCCCCC(O)(CCCCCCCCCCCCCCCCCC)CC[NH+](C)C.[Cl-]. The van der Waals surface area contributed by atoms with Gasteiger partial charge in [-0.15, -0.1) is 0 Å². The fraction of sp³-hybridized carbons (Fsp3) is 1.00. The van der Waals surface area contributed by atoms with E-state index in [2.05, 4.69) is 27.9 Å². The molecule has 2 N–H and O–H groups in total. The van der Waals surface area contributed by atoms with E-state index in [1.807, 2.05) is 0 Å². The maximum atomic E-state index is 11.5. The molecule has 0 aliphatic heterocycles. The molecule has 3 heteroatoms. The molecule has 0 rings (SSSR count). The highest BCUT2D eigenvalue weighted by molar-refractivity contribution is 4.78. The van der Waals surface area contributed by atoms with Crippen LogP contribution in [0.3, 0.4) is 0 Å². The largest absolute Gasteiger partial charge is 1.00 e. The molecule has 0 heterocycles. The molecular weight excluding hydrogens is 558 g/mol. The molecule has 0 aromatic rings. The minimum Gasteiger partial charge on any atom is -1.00 e. The van der Waals surface area contributed by atoms with Crippen LogP contribution in [0.4, 0.5) is 0 Å². The second kappa shape index (κ2) is 37.7. The predicted molar refractivity (Wildman–Crippen MR) is 196 cm³/mol. The lowest BCUT2D eigenvalue weighted by atomic mass is 9.86. The summed E-state index contributed by atoms with van der Waals surface area (Å²) in [7, 11) is 4.45. The molecule has 0 spiro atoms. The Balaban J connectivity index is 0. The summed E-state index contributed by atoms with van der Waals surface area (Å²) in [5, 5.41) is 11.5. The Morgan fingerprint density at radius 1 is 0.341 bits per heavy atom. The summed E-state index contributed by atoms with van der Waals surface area (Å²) in [6, 6.07) is 0. The van der Waals surface area contributed by atoms with E-state index in [0.717, 1.165) is 25.8 Å². The lowest BCUT2D eigenvalue weighted by molar-refractivity contribution is -0.859. The van der Waals surface area contributed by atoms with Crippen LogP contribution in [0.15, 0.2) is 0 Å². The average molecular weight is 645 g/mol. The zero-order valence-electron chi connectivity index (χ0n) is 31.3. The molecule has 0 atom stereocenters. The van der Waals surface area contributed by atoms with Gasteiger partial charge in [-0.25, -0.2) is 0 Å². The number of unbranched alkanes of at least 4 members (excludes halogenated alkanes) is 30. The molecule has 0 aromatic heterocycles. The maximum absolute atomic E-state index is 11.5. The molecule has 0 aliphatic rings. The summed E-state index contributed by atoms with van der Waals surface area (Å²) in [6.07, 6.45) is 48.2. The van der Waals surface area contributed by atoms with Crippen molar-refractivity contribution in [2.45, 2.75) is 244 Å². The monoisotopic (exact) mass is 644 g/mol. The molecule has 0 amide bonds. The van der Waals surface area contributed by atoms with Gasteiger partial charge in [-0.05, 0) is 12.8 Å². The zero-order valence-corrected chi connectivity index (χ0v) is 32.0. The molecule has 0 radical (unpaired) electrons. The van der Waals surface area contributed by atoms with Gasteiger partial charge in [0, 0.05) is 6.42 Å². The first-order chi connectivity index (χ1) is 21.0. The maximum Gasteiger partial charge on any atom is 0.0794 e. The lowest BCUT2D eigenvalue weighted by Crippen LogP contribution is -3.05. The van der Waals surface area contributed by atoms with Crippen LogP contribution in [0.2, 0.25) is 0 Å². The Bertz CT molecular complexity index is 475. The van der Waals surface area contributed by atoms with E-state index >= 15 is 0 Å². The van der Waals surface area contributed by atoms with Gasteiger partial charge in [0.1, 0.15) is 0 Å². The van der Waals surface area contributed by atoms with Crippen LogP contribution >= 0.6 is 0 Å². The molecule has 0 saturated carbocycles. The average Bonchev–Trinajstić information content (AvgIpc) is 2.99. The summed E-state index contributed by atoms with van der Waals surface area (Å²) in [5.41, 5.74) is -0.413. The number of aliphatic hydroxyl groups is 1. The summed E-state index contributed by atoms with van der Waals surface area (Å²) in [4.78, 5) is 1.47. The van der Waals surface area contributed by atoms with Crippen LogP contribution in [-0.2, 0) is 0 Å². The van der Waals surface area contributed by atoms with E-state index in [4.69, 9.17) is 0 Å². The first-order valence-corrected chi connectivity index (χ1v) is 20.6. The first-order valence-electron chi connectivity index (χ1n) is 20.6. The van der Waals surface area contributed by atoms with E-state index < -0.39 is 5.60 Å². The summed E-state index contributed by atoms with van der Waals surface area (Å²) < 4.78 is 0. The normalized spacial score (nSPS) is 11.9. The summed E-state index contributed by atoms with van der Waals surface area (Å²) in [5.74, 6) is 0. The minimum absolute atomic E-state index is 0. The fourth-order valence-corrected chi connectivity index (χ4v) is 6.86. The van der Waals surface area contributed by atoms with Crippen molar-refractivity contribution in [2.75, 3.05) is 20.6 Å². The lowest BCUT2D eigenvalue weighted by Gasteiger charge is -2.29. The number of nitrogens with one attached hydrogen (secondary N) is 1. The summed E-state index contributed by atoms with van der Waals surface area (Å²) in [6.45, 7) is 5.70. The van der Waals surface area contributed by atoms with Gasteiger partial charge in [-0.1, -0.05) is 219 Å². The van der Waals surface area contributed by atoms with Crippen molar-refractivity contribution in [3.8, 4) is 0 Å². The van der Waals surface area contributed by atoms with Gasteiger partial charge in [0.05, 0.1) is 26.2 Å². The Morgan fingerprint density at radius 2 is 0.545 bits per heavy atom. The van der Waals surface area contributed by atoms with Crippen molar-refractivity contribution < 1.29 is 22.4 Å². The second-order valence-electron chi connectivity index (χ2n) is 15.0. The van der Waals surface area contributed by atoms with Gasteiger partial charge in [0.25, 0.3) is 0 Å². The van der Waals surface area contributed by atoms with E-state index in [0.29, 0.717) is 0 Å². The van der Waals surface area contributed by atoms with E-state index in [1.54, 1.807) is 0 Å². The molecule has 0 fully saturated rings. The molecule has 268 valence electrons. The van der Waals surface area contributed by atoms with Crippen molar-refractivity contribution in [1.82, 2.24) is 0 Å². The van der Waals surface area contributed by atoms with Gasteiger partial charge < -0.3 is 22.4 Å². The molecule has 44 heavy (non-hydrogen) atoms. The van der Waals surface area contributed by atoms with Crippen LogP contribution in [0.5, 0.6) is 0 Å². The zero-order chi connectivity index (χ0) is 31.5. The predicted octanol–water partition coefficient (Wildman–Crippen LogP) is 9.56. The van der Waals surface area contributed by atoms with E-state index in [-0.39, 0.29) is 12.4 Å². The standard InChI is InChI=1S/C41H85NO.ClH/c1-5-7-9-11-13-15-17-19-21-23-25-27-29-31-33-35-37-41(43,39-40-42(3)4)38-36-34-32-30-28-26-24-22-20-18-16-14-12-10-8-6-2;/h43H,5-40H2,1-4H3;1H. The van der Waals surface area contributed by atoms with Gasteiger partial charge >= 0.3 is 0 Å². The number of halogens is 1. The highest BCUT2D eigenvalue weighted by Gasteiger charge is 2.26. The molecular formula is C41H86ClNO. The topological polar surface area (TPSA) is 24.7 Å². The van der Waals surface area contributed by atoms with Crippen LogP contribution in [-0.4, -0.2) is 31.3 Å². The van der Waals surface area contributed by atoms with Crippen LogP contribution in [0.1, 0.15) is 239 Å². The minimum atomic E-state index is -0.413. The third-order valence-electron chi connectivity index (χ3n) is 10.1. The second-order valence-corrected chi connectivity index (χ2v) is 15.0. The third kappa shape index (κ3) is 36.7. The smallest absolute Gasteiger partial charge is 0.0794 e. The van der Waals surface area contributed by atoms with Gasteiger partial charge in [-0.2, -0.15) is 0 Å². The van der Waals surface area contributed by atoms with E-state index in [1.165, 1.54) is 210 Å². The number of hydrogen-bond donors (Lipinski definition) is 2. The highest BCUT2D eigenvalue weighted by Crippen LogP contribution is 2.26. The van der Waals surface area contributed by atoms with Gasteiger partial charge in [0.2, 0.25) is 0 Å². The van der Waals surface area contributed by atoms with Gasteiger partial charge in [-0.3, -0.25) is 0 Å². The fourth-order valence-electron chi connectivity index (χ4n) is 6.86. The Labute approximate surface area is 286 Å². The highest BCUT2D eigenvalue weighted by atomic mass is 35.5. The molecule has 0 bridgehead atoms. The van der Waals surface area contributed by atoms with Crippen molar-refractivity contribution in [3.63, 3.8) is 0 Å². The van der Waals surface area contributed by atoms with Crippen LogP contribution in [0, 0.1) is 0 Å². The summed E-state index contributed by atoms with van der Waals surface area (Å²) >= 11 is 0. The van der Waals surface area contributed by atoms with Crippen molar-refractivity contribution >= 4 is 0 Å². The molecule has 0 saturated heterocycles. The number of hydrogen-bond acceptors (Lipinski definition) is 1. The van der Waals surface area contributed by atoms with Crippen molar-refractivity contribution in [1.29, 1.82) is 0 Å². The van der Waals surface area contributed by atoms with E-state index in [9.17, 15) is 5.11 Å². The van der Waals surface area contributed by atoms with Crippen LogP contribution in [0.25, 0.3) is 0 Å². The van der Waals surface area contributed by atoms with Crippen LogP contribution < -0.4 is 17.3 Å². The van der Waals surface area contributed by atoms with Gasteiger partial charge in [0.15, 0.2) is 0 Å². The first kappa shape index (κ1) is 46.3.